The maximum absolute atomic E-state index is 11.9. The summed E-state index contributed by atoms with van der Waals surface area (Å²) >= 11 is 0. The monoisotopic (exact) mass is 396 g/mol. The molecule has 0 aliphatic carbocycles. The number of aliphatic carboxylic acids is 1. The molecule has 1 saturated heterocycles. The van der Waals surface area contributed by atoms with Crippen LogP contribution in [-0.2, 0) is 4.79 Å². The van der Waals surface area contributed by atoms with Crippen LogP contribution in [0.1, 0.15) is 129 Å². The molecule has 0 aromatic rings. The summed E-state index contributed by atoms with van der Waals surface area (Å²) in [5, 5.41) is 9.78. The lowest BCUT2D eigenvalue weighted by atomic mass is 10.1. The van der Waals surface area contributed by atoms with Crippen molar-refractivity contribution < 1.29 is 14.4 Å². The Morgan fingerprint density at radius 1 is 0.714 bits per heavy atom. The fourth-order valence-corrected chi connectivity index (χ4v) is 5.16. The summed E-state index contributed by atoms with van der Waals surface area (Å²) in [7, 11) is 0. The lowest BCUT2D eigenvalue weighted by Crippen LogP contribution is -2.55. The van der Waals surface area contributed by atoms with Crippen molar-refractivity contribution in [2.75, 3.05) is 19.6 Å². The second-order valence-corrected chi connectivity index (χ2v) is 9.34. The molecule has 3 heteroatoms. The summed E-state index contributed by atoms with van der Waals surface area (Å²) in [5.74, 6) is -0.545. The van der Waals surface area contributed by atoms with E-state index >= 15 is 0 Å². The van der Waals surface area contributed by atoms with Crippen molar-refractivity contribution in [3.8, 4) is 0 Å². The number of carboxylic acid groups (broad SMARTS) is 1. The lowest BCUT2D eigenvalue weighted by molar-refractivity contribution is -0.932. The summed E-state index contributed by atoms with van der Waals surface area (Å²) in [6.45, 7) is 7.84. The Bertz CT molecular complexity index is 363. The minimum atomic E-state index is -0.545. The van der Waals surface area contributed by atoms with Crippen LogP contribution in [0.2, 0.25) is 0 Å². The molecular weight excluding hydrogens is 346 g/mol. The maximum Gasteiger partial charge on any atom is 0.362 e. The number of hydrogen-bond donors (Lipinski definition) is 1. The average molecular weight is 397 g/mol. The third-order valence-electron chi connectivity index (χ3n) is 6.94. The fourth-order valence-electron chi connectivity index (χ4n) is 5.16. The summed E-state index contributed by atoms with van der Waals surface area (Å²) in [5.41, 5.74) is 0. The SMILES string of the molecule is CCCCCCCCCC[N+]1(CCCCCCCCCC)CCC[C@@H]1C(=O)O. The van der Waals surface area contributed by atoms with Gasteiger partial charge >= 0.3 is 5.97 Å². The number of hydrogen-bond acceptors (Lipinski definition) is 1. The number of rotatable bonds is 19. The molecule has 1 aliphatic rings. The number of carboxylic acids is 1. The molecule has 0 aromatic heterocycles. The highest BCUT2D eigenvalue weighted by atomic mass is 16.4. The third-order valence-corrected chi connectivity index (χ3v) is 6.94. The van der Waals surface area contributed by atoms with Crippen molar-refractivity contribution >= 4 is 5.97 Å². The summed E-state index contributed by atoms with van der Waals surface area (Å²) in [4.78, 5) is 11.9. The normalized spacial score (nSPS) is 18.6. The van der Waals surface area contributed by atoms with Crippen LogP contribution >= 0.6 is 0 Å². The first-order valence-electron chi connectivity index (χ1n) is 12.7. The van der Waals surface area contributed by atoms with Crippen molar-refractivity contribution in [1.29, 1.82) is 0 Å². The van der Waals surface area contributed by atoms with Gasteiger partial charge in [-0.2, -0.15) is 0 Å². The largest absolute Gasteiger partial charge is 0.477 e. The summed E-state index contributed by atoms with van der Waals surface area (Å²) < 4.78 is 0.890. The molecule has 1 aliphatic heterocycles. The van der Waals surface area contributed by atoms with E-state index in [1.165, 1.54) is 103 Å². The van der Waals surface area contributed by atoms with Gasteiger partial charge in [0.25, 0.3) is 0 Å². The highest BCUT2D eigenvalue weighted by molar-refractivity contribution is 5.72. The molecule has 1 fully saturated rings. The Morgan fingerprint density at radius 2 is 1.11 bits per heavy atom. The molecule has 0 spiro atoms. The zero-order chi connectivity index (χ0) is 20.5. The number of quaternary nitrogens is 1. The van der Waals surface area contributed by atoms with E-state index in [4.69, 9.17) is 0 Å². The smallest absolute Gasteiger partial charge is 0.362 e. The molecule has 0 bridgehead atoms. The van der Waals surface area contributed by atoms with Crippen molar-refractivity contribution in [2.45, 2.75) is 135 Å². The standard InChI is InChI=1S/C25H49NO2/c1-3-5-7-9-11-13-15-17-21-26(23-19-20-24(26)25(27)28)22-18-16-14-12-10-8-6-4-2/h24H,3-23H2,1-2H3/p+1/t24-/m1/s1. The van der Waals surface area contributed by atoms with Crippen LogP contribution < -0.4 is 0 Å². The average Bonchev–Trinajstić information content (AvgIpc) is 3.10. The van der Waals surface area contributed by atoms with Crippen LogP contribution in [0, 0.1) is 0 Å². The van der Waals surface area contributed by atoms with Crippen LogP contribution in [0.4, 0.5) is 0 Å². The molecular formula is C25H50NO2+. The van der Waals surface area contributed by atoms with E-state index in [-0.39, 0.29) is 6.04 Å². The minimum absolute atomic E-state index is 0.130. The van der Waals surface area contributed by atoms with E-state index in [0.29, 0.717) is 0 Å². The Morgan fingerprint density at radius 3 is 1.50 bits per heavy atom. The van der Waals surface area contributed by atoms with E-state index in [9.17, 15) is 9.90 Å². The fraction of sp³-hybridized carbons (Fsp3) is 0.960. The summed E-state index contributed by atoms with van der Waals surface area (Å²) in [6.07, 6.45) is 23.3. The second-order valence-electron chi connectivity index (χ2n) is 9.34. The molecule has 1 heterocycles. The molecule has 28 heavy (non-hydrogen) atoms. The van der Waals surface area contributed by atoms with Crippen LogP contribution in [0.3, 0.4) is 0 Å². The molecule has 1 atom stereocenters. The van der Waals surface area contributed by atoms with Gasteiger partial charge in [0.15, 0.2) is 6.04 Å². The van der Waals surface area contributed by atoms with Crippen LogP contribution in [-0.4, -0.2) is 41.2 Å². The maximum atomic E-state index is 11.9. The van der Waals surface area contributed by atoms with Gasteiger partial charge in [-0.25, -0.2) is 4.79 Å². The van der Waals surface area contributed by atoms with Crippen molar-refractivity contribution in [1.82, 2.24) is 0 Å². The molecule has 1 rings (SSSR count). The molecule has 0 saturated carbocycles. The van der Waals surface area contributed by atoms with Gasteiger partial charge in [0, 0.05) is 12.8 Å². The zero-order valence-electron chi connectivity index (χ0n) is 19.2. The quantitative estimate of drug-likeness (QED) is 0.183. The molecule has 0 unspecified atom stereocenters. The van der Waals surface area contributed by atoms with Gasteiger partial charge in [-0.1, -0.05) is 90.9 Å². The molecule has 3 nitrogen and oxygen atoms in total. The van der Waals surface area contributed by atoms with E-state index in [1.54, 1.807) is 0 Å². The van der Waals surface area contributed by atoms with Gasteiger partial charge in [0.05, 0.1) is 19.6 Å². The first-order chi connectivity index (χ1) is 13.7. The third kappa shape index (κ3) is 10.3. The minimum Gasteiger partial charge on any atom is -0.477 e. The number of nitrogens with zero attached hydrogens (tertiary/aromatic N) is 1. The van der Waals surface area contributed by atoms with Crippen molar-refractivity contribution in [3.63, 3.8) is 0 Å². The Hall–Kier alpha value is -0.570. The molecule has 1 N–H and O–H groups in total. The predicted molar refractivity (Wildman–Crippen MR) is 121 cm³/mol. The first-order valence-corrected chi connectivity index (χ1v) is 12.7. The van der Waals surface area contributed by atoms with Crippen molar-refractivity contribution in [2.24, 2.45) is 0 Å². The topological polar surface area (TPSA) is 37.3 Å². The van der Waals surface area contributed by atoms with Gasteiger partial charge in [0.1, 0.15) is 0 Å². The molecule has 166 valence electrons. The van der Waals surface area contributed by atoms with Crippen LogP contribution in [0.15, 0.2) is 0 Å². The van der Waals surface area contributed by atoms with E-state index < -0.39 is 5.97 Å². The van der Waals surface area contributed by atoms with Gasteiger partial charge in [-0.3, -0.25) is 0 Å². The van der Waals surface area contributed by atoms with E-state index in [0.717, 1.165) is 37.0 Å². The van der Waals surface area contributed by atoms with Crippen LogP contribution in [0.5, 0.6) is 0 Å². The molecule has 0 amide bonds. The lowest BCUT2D eigenvalue weighted by Gasteiger charge is -2.38. The summed E-state index contributed by atoms with van der Waals surface area (Å²) in [6, 6.07) is -0.130. The van der Waals surface area contributed by atoms with Gasteiger partial charge in [-0.05, 0) is 25.7 Å². The van der Waals surface area contributed by atoms with Gasteiger partial charge in [-0.15, -0.1) is 0 Å². The highest BCUT2D eigenvalue weighted by Gasteiger charge is 2.45. The van der Waals surface area contributed by atoms with E-state index in [1.807, 2.05) is 0 Å². The number of likely N-dealkylation sites (tertiary alicyclic amines) is 1. The second kappa shape index (κ2) is 16.3. The van der Waals surface area contributed by atoms with E-state index in [2.05, 4.69) is 13.8 Å². The first kappa shape index (κ1) is 25.5. The van der Waals surface area contributed by atoms with Gasteiger partial charge < -0.3 is 9.59 Å². The highest BCUT2D eigenvalue weighted by Crippen LogP contribution is 2.30. The van der Waals surface area contributed by atoms with Gasteiger partial charge in [0.2, 0.25) is 0 Å². The van der Waals surface area contributed by atoms with Crippen molar-refractivity contribution in [3.05, 3.63) is 0 Å². The molecule has 0 aromatic carbocycles. The predicted octanol–water partition coefficient (Wildman–Crippen LogP) is 7.33. The Balaban J connectivity index is 2.29. The Labute approximate surface area is 175 Å². The Kier molecular flexibility index (Phi) is 14.8. The number of unbranched alkanes of at least 4 members (excludes halogenated alkanes) is 14. The number of carbonyl (C=O) groups is 1. The molecule has 0 radical (unpaired) electrons. The van der Waals surface area contributed by atoms with Crippen LogP contribution in [0.25, 0.3) is 0 Å². The zero-order valence-corrected chi connectivity index (χ0v) is 19.2.